The summed E-state index contributed by atoms with van der Waals surface area (Å²) in [6.07, 6.45) is 1.15. The molecule has 0 unspecified atom stereocenters. The fourth-order valence-electron chi connectivity index (χ4n) is 1.92. The van der Waals surface area contributed by atoms with Gasteiger partial charge in [-0.25, -0.2) is 0 Å². The Morgan fingerprint density at radius 3 is 2.22 bits per heavy atom. The zero-order valence-electron chi connectivity index (χ0n) is 11.4. The van der Waals surface area contributed by atoms with Crippen molar-refractivity contribution >= 4 is 28.9 Å². The highest BCUT2D eigenvalue weighted by Gasteiger charge is 2.05. The van der Waals surface area contributed by atoms with E-state index in [1.165, 1.54) is 0 Å². The monoisotopic (exact) mass is 288 g/mol. The minimum atomic E-state index is 0.608. The number of benzene rings is 1. The molecule has 0 aliphatic carbocycles. The molecule has 0 N–H and O–H groups in total. The molecule has 18 heavy (non-hydrogen) atoms. The molecule has 0 saturated carbocycles. The fraction of sp³-hybridized carbons (Fsp3) is 0.571. The maximum atomic E-state index is 6.02. The molecule has 102 valence electrons. The van der Waals surface area contributed by atoms with E-state index in [0.29, 0.717) is 10.0 Å². The van der Waals surface area contributed by atoms with Gasteiger partial charge in [-0.05, 0) is 44.3 Å². The number of anilines is 1. The van der Waals surface area contributed by atoms with Crippen molar-refractivity contribution in [3.63, 3.8) is 0 Å². The maximum absolute atomic E-state index is 6.02. The van der Waals surface area contributed by atoms with E-state index in [2.05, 4.69) is 30.7 Å². The van der Waals surface area contributed by atoms with Crippen molar-refractivity contribution in [3.8, 4) is 0 Å². The average molecular weight is 289 g/mol. The Kier molecular flexibility index (Phi) is 6.83. The smallest absolute Gasteiger partial charge is 0.0612 e. The molecule has 2 nitrogen and oxygen atoms in total. The van der Waals surface area contributed by atoms with Crippen molar-refractivity contribution in [2.75, 3.05) is 38.1 Å². The average Bonchev–Trinajstić information content (AvgIpc) is 2.37. The Bertz CT molecular complexity index is 365. The van der Waals surface area contributed by atoms with Crippen LogP contribution in [0.15, 0.2) is 18.2 Å². The van der Waals surface area contributed by atoms with Gasteiger partial charge in [0.05, 0.1) is 10.0 Å². The normalized spacial score (nSPS) is 11.0. The molecule has 0 radical (unpaired) electrons. The first kappa shape index (κ1) is 15.6. The van der Waals surface area contributed by atoms with Gasteiger partial charge in [-0.3, -0.25) is 0 Å². The third-order valence-corrected chi connectivity index (χ3v) is 3.95. The molecule has 0 heterocycles. The second-order valence-electron chi connectivity index (χ2n) is 4.40. The first-order valence-electron chi connectivity index (χ1n) is 6.47. The first-order valence-corrected chi connectivity index (χ1v) is 7.22. The van der Waals surface area contributed by atoms with Gasteiger partial charge in [0, 0.05) is 19.3 Å². The largest absolute Gasteiger partial charge is 0.375 e. The highest BCUT2D eigenvalue weighted by Crippen LogP contribution is 2.26. The number of nitrogens with zero attached hydrogens (tertiary/aromatic N) is 2. The lowest BCUT2D eigenvalue weighted by atomic mass is 10.2. The van der Waals surface area contributed by atoms with Crippen molar-refractivity contribution in [1.29, 1.82) is 0 Å². The molecule has 1 aromatic carbocycles. The minimum absolute atomic E-state index is 0.608. The van der Waals surface area contributed by atoms with Crippen molar-refractivity contribution in [2.24, 2.45) is 0 Å². The molecule has 1 aromatic rings. The summed E-state index contributed by atoms with van der Waals surface area (Å²) in [7, 11) is 2.09. The second-order valence-corrected chi connectivity index (χ2v) is 5.21. The third kappa shape index (κ3) is 4.68. The van der Waals surface area contributed by atoms with Crippen LogP contribution in [-0.4, -0.2) is 38.1 Å². The van der Waals surface area contributed by atoms with E-state index in [-0.39, 0.29) is 0 Å². The van der Waals surface area contributed by atoms with Gasteiger partial charge in [-0.15, -0.1) is 0 Å². The zero-order valence-corrected chi connectivity index (χ0v) is 12.9. The van der Waals surface area contributed by atoms with Gasteiger partial charge in [0.15, 0.2) is 0 Å². The van der Waals surface area contributed by atoms with Crippen LogP contribution in [-0.2, 0) is 0 Å². The second kappa shape index (κ2) is 7.88. The van der Waals surface area contributed by atoms with Crippen LogP contribution in [0.5, 0.6) is 0 Å². The molecule has 4 heteroatoms. The van der Waals surface area contributed by atoms with E-state index in [9.17, 15) is 0 Å². The Labute approximate surface area is 120 Å². The van der Waals surface area contributed by atoms with Gasteiger partial charge in [-0.1, -0.05) is 37.0 Å². The van der Waals surface area contributed by atoms with Crippen LogP contribution in [0.3, 0.4) is 0 Å². The summed E-state index contributed by atoms with van der Waals surface area (Å²) < 4.78 is 0. The summed E-state index contributed by atoms with van der Waals surface area (Å²) >= 11 is 11.9. The van der Waals surface area contributed by atoms with E-state index in [1.54, 1.807) is 0 Å². The summed E-state index contributed by atoms with van der Waals surface area (Å²) in [4.78, 5) is 4.65. The molecule has 0 aliphatic rings. The van der Waals surface area contributed by atoms with Gasteiger partial charge in [0.1, 0.15) is 0 Å². The van der Waals surface area contributed by atoms with Crippen molar-refractivity contribution < 1.29 is 0 Å². The molecule has 0 aliphatic heterocycles. The molecule has 1 rings (SSSR count). The molecule has 0 bridgehead atoms. The van der Waals surface area contributed by atoms with Gasteiger partial charge in [-0.2, -0.15) is 0 Å². The van der Waals surface area contributed by atoms with Crippen LogP contribution in [0.1, 0.15) is 20.3 Å². The highest BCUT2D eigenvalue weighted by atomic mass is 35.5. The van der Waals surface area contributed by atoms with Crippen LogP contribution in [0.25, 0.3) is 0 Å². The number of halogens is 2. The van der Waals surface area contributed by atoms with Crippen LogP contribution in [0.2, 0.25) is 10.0 Å². The predicted molar refractivity (Wildman–Crippen MR) is 82.1 cm³/mol. The Balaban J connectivity index is 2.45. The van der Waals surface area contributed by atoms with Gasteiger partial charge >= 0.3 is 0 Å². The first-order chi connectivity index (χ1) is 8.58. The Morgan fingerprint density at radius 2 is 1.67 bits per heavy atom. The minimum Gasteiger partial charge on any atom is -0.375 e. The summed E-state index contributed by atoms with van der Waals surface area (Å²) in [6, 6.07) is 5.77. The molecule has 0 amide bonds. The van der Waals surface area contributed by atoms with Crippen molar-refractivity contribution in [1.82, 2.24) is 4.90 Å². The van der Waals surface area contributed by atoms with Crippen LogP contribution < -0.4 is 4.90 Å². The van der Waals surface area contributed by atoms with Crippen molar-refractivity contribution in [3.05, 3.63) is 28.2 Å². The quantitative estimate of drug-likeness (QED) is 0.743. The molecular formula is C14H22Cl2N2. The summed E-state index contributed by atoms with van der Waals surface area (Å²) in [5, 5.41) is 1.22. The zero-order chi connectivity index (χ0) is 13.5. The molecule has 0 atom stereocenters. The van der Waals surface area contributed by atoms with Gasteiger partial charge in [0.25, 0.3) is 0 Å². The van der Waals surface area contributed by atoms with Gasteiger partial charge < -0.3 is 9.80 Å². The summed E-state index contributed by atoms with van der Waals surface area (Å²) in [6.45, 7) is 8.80. The Morgan fingerprint density at radius 1 is 1.00 bits per heavy atom. The lowest BCUT2D eigenvalue weighted by Gasteiger charge is -2.23. The number of hydrogen-bond acceptors (Lipinski definition) is 2. The topological polar surface area (TPSA) is 6.48 Å². The maximum Gasteiger partial charge on any atom is 0.0612 e. The Hall–Kier alpha value is -0.440. The van der Waals surface area contributed by atoms with E-state index in [0.717, 1.165) is 38.3 Å². The molecule has 0 spiro atoms. The summed E-state index contributed by atoms with van der Waals surface area (Å²) in [5.41, 5.74) is 1.11. The van der Waals surface area contributed by atoms with Crippen LogP contribution >= 0.6 is 23.2 Å². The fourth-order valence-corrected chi connectivity index (χ4v) is 2.22. The number of hydrogen-bond donors (Lipinski definition) is 0. The standard InChI is InChI=1S/C14H22Cl2N2/c1-4-18(5-2)10-6-9-17(3)12-7-8-13(15)14(16)11-12/h7-8,11H,4-6,9-10H2,1-3H3. The lowest BCUT2D eigenvalue weighted by Crippen LogP contribution is -2.28. The van der Waals surface area contributed by atoms with Crippen molar-refractivity contribution in [2.45, 2.75) is 20.3 Å². The highest BCUT2D eigenvalue weighted by molar-refractivity contribution is 6.42. The lowest BCUT2D eigenvalue weighted by molar-refractivity contribution is 0.301. The van der Waals surface area contributed by atoms with E-state index in [4.69, 9.17) is 23.2 Å². The SMILES string of the molecule is CCN(CC)CCCN(C)c1ccc(Cl)c(Cl)c1. The van der Waals surface area contributed by atoms with E-state index >= 15 is 0 Å². The number of rotatable bonds is 7. The summed E-state index contributed by atoms with van der Waals surface area (Å²) in [5.74, 6) is 0. The van der Waals surface area contributed by atoms with Gasteiger partial charge in [0.2, 0.25) is 0 Å². The predicted octanol–water partition coefficient (Wildman–Crippen LogP) is 4.16. The molecule has 0 fully saturated rings. The van der Waals surface area contributed by atoms with Crippen LogP contribution in [0.4, 0.5) is 5.69 Å². The molecular weight excluding hydrogens is 267 g/mol. The van der Waals surface area contributed by atoms with Crippen LogP contribution in [0, 0.1) is 0 Å². The molecule has 0 saturated heterocycles. The molecule has 0 aromatic heterocycles. The van der Waals surface area contributed by atoms with E-state index in [1.807, 2.05) is 18.2 Å². The third-order valence-electron chi connectivity index (χ3n) is 3.21. The van der Waals surface area contributed by atoms with E-state index < -0.39 is 0 Å².